The van der Waals surface area contributed by atoms with Crippen LogP contribution < -0.4 is 16.4 Å². The van der Waals surface area contributed by atoms with Gasteiger partial charge in [-0.2, -0.15) is 0 Å². The van der Waals surface area contributed by atoms with Crippen molar-refractivity contribution in [2.24, 2.45) is 11.7 Å². The van der Waals surface area contributed by atoms with Gasteiger partial charge >= 0.3 is 6.09 Å². The largest absolute Gasteiger partial charge is 0.444 e. The van der Waals surface area contributed by atoms with Crippen molar-refractivity contribution in [2.45, 2.75) is 59.1 Å². The fraction of sp³-hybridized carbons (Fsp3) is 0.579. The lowest BCUT2D eigenvalue weighted by molar-refractivity contribution is -0.120. The summed E-state index contributed by atoms with van der Waals surface area (Å²) in [7, 11) is 0. The van der Waals surface area contributed by atoms with E-state index >= 15 is 0 Å². The Balaban J connectivity index is 2.60. The number of amides is 2. The van der Waals surface area contributed by atoms with Crippen LogP contribution >= 0.6 is 0 Å². The normalized spacial score (nSPS) is 12.6. The van der Waals surface area contributed by atoms with Crippen LogP contribution in [0.2, 0.25) is 0 Å². The summed E-state index contributed by atoms with van der Waals surface area (Å²) >= 11 is 0. The number of rotatable bonds is 8. The highest BCUT2D eigenvalue weighted by atomic mass is 16.6. The molecule has 0 radical (unpaired) electrons. The molecule has 0 unspecified atom stereocenters. The van der Waals surface area contributed by atoms with Crippen molar-refractivity contribution in [3.05, 3.63) is 29.8 Å². The van der Waals surface area contributed by atoms with Crippen LogP contribution in [0.4, 0.5) is 10.5 Å². The molecule has 1 atom stereocenters. The van der Waals surface area contributed by atoms with Crippen molar-refractivity contribution in [1.82, 2.24) is 5.32 Å². The van der Waals surface area contributed by atoms with Gasteiger partial charge in [-0.15, -0.1) is 0 Å². The first kappa shape index (κ1) is 20.8. The predicted octanol–water partition coefficient (Wildman–Crippen LogP) is 3.07. The first-order chi connectivity index (χ1) is 11.6. The molecule has 0 heterocycles. The van der Waals surface area contributed by atoms with Crippen LogP contribution in [-0.2, 0) is 16.0 Å². The molecule has 1 aromatic rings. The molecular weight excluding hydrogens is 318 g/mol. The van der Waals surface area contributed by atoms with Crippen molar-refractivity contribution in [3.8, 4) is 0 Å². The molecule has 0 fully saturated rings. The van der Waals surface area contributed by atoms with E-state index in [1.54, 1.807) is 20.8 Å². The summed E-state index contributed by atoms with van der Waals surface area (Å²) in [6.45, 7) is 10.6. The average Bonchev–Trinajstić information content (AvgIpc) is 2.46. The Bertz CT molecular complexity index is 562. The van der Waals surface area contributed by atoms with Gasteiger partial charge in [-0.25, -0.2) is 4.79 Å². The van der Waals surface area contributed by atoms with Crippen LogP contribution in [0.3, 0.4) is 0 Å². The van der Waals surface area contributed by atoms with Crippen molar-refractivity contribution in [3.63, 3.8) is 0 Å². The monoisotopic (exact) mass is 349 g/mol. The first-order valence-electron chi connectivity index (χ1n) is 8.68. The van der Waals surface area contributed by atoms with E-state index in [0.29, 0.717) is 12.3 Å². The van der Waals surface area contributed by atoms with Gasteiger partial charge in [0, 0.05) is 18.7 Å². The number of benzene rings is 1. The molecule has 25 heavy (non-hydrogen) atoms. The minimum atomic E-state index is -0.811. The lowest BCUT2D eigenvalue weighted by Crippen LogP contribution is -2.47. The third-order valence-electron chi connectivity index (χ3n) is 3.48. The van der Waals surface area contributed by atoms with Crippen LogP contribution in [0.5, 0.6) is 0 Å². The zero-order valence-electron chi connectivity index (χ0n) is 15.9. The Labute approximate surface area is 150 Å². The summed E-state index contributed by atoms with van der Waals surface area (Å²) in [4.78, 5) is 23.5. The average molecular weight is 349 g/mol. The number of alkyl carbamates (subject to hydrolysis) is 1. The van der Waals surface area contributed by atoms with Crippen molar-refractivity contribution in [1.29, 1.82) is 0 Å². The van der Waals surface area contributed by atoms with Crippen molar-refractivity contribution in [2.75, 3.05) is 11.9 Å². The zero-order valence-corrected chi connectivity index (χ0v) is 15.9. The minimum absolute atomic E-state index is 0.320. The number of carbonyl (C=O) groups is 2. The lowest BCUT2D eigenvalue weighted by atomic mass is 10.0. The lowest BCUT2D eigenvalue weighted by Gasteiger charge is -2.22. The van der Waals surface area contributed by atoms with Gasteiger partial charge in [0.2, 0.25) is 5.91 Å². The van der Waals surface area contributed by atoms with Gasteiger partial charge in [-0.1, -0.05) is 26.0 Å². The van der Waals surface area contributed by atoms with E-state index in [-0.39, 0.29) is 0 Å². The Hall–Kier alpha value is -2.24. The third kappa shape index (κ3) is 8.98. The fourth-order valence-electron chi connectivity index (χ4n) is 2.17. The molecule has 0 aliphatic heterocycles. The number of carbonyl (C=O) groups excluding carboxylic acids is 2. The Morgan fingerprint density at radius 2 is 1.76 bits per heavy atom. The predicted molar refractivity (Wildman–Crippen MR) is 100 cm³/mol. The number of nitrogens with one attached hydrogen (secondary N) is 2. The van der Waals surface area contributed by atoms with E-state index in [9.17, 15) is 9.59 Å². The summed E-state index contributed by atoms with van der Waals surface area (Å²) in [6.07, 6.45) is 0.773. The summed E-state index contributed by atoms with van der Waals surface area (Å²) in [5.74, 6) is 0.0621. The molecule has 1 aromatic carbocycles. The van der Waals surface area contributed by atoms with E-state index in [1.165, 1.54) is 0 Å². The Morgan fingerprint density at radius 1 is 1.16 bits per heavy atom. The van der Waals surface area contributed by atoms with Gasteiger partial charge in [0.15, 0.2) is 0 Å². The highest BCUT2D eigenvalue weighted by Crippen LogP contribution is 2.13. The van der Waals surface area contributed by atoms with E-state index < -0.39 is 23.6 Å². The van der Waals surface area contributed by atoms with E-state index in [2.05, 4.69) is 24.5 Å². The van der Waals surface area contributed by atoms with Crippen molar-refractivity contribution < 1.29 is 14.3 Å². The maximum absolute atomic E-state index is 11.8. The second kappa shape index (κ2) is 9.30. The van der Waals surface area contributed by atoms with Crippen molar-refractivity contribution >= 4 is 17.7 Å². The van der Waals surface area contributed by atoms with E-state index in [0.717, 1.165) is 24.2 Å². The highest BCUT2D eigenvalue weighted by Gasteiger charge is 2.22. The molecule has 140 valence electrons. The summed E-state index contributed by atoms with van der Waals surface area (Å²) in [5, 5.41) is 5.89. The summed E-state index contributed by atoms with van der Waals surface area (Å²) in [5.41, 5.74) is 6.71. The molecule has 0 spiro atoms. The summed E-state index contributed by atoms with van der Waals surface area (Å²) in [6, 6.07) is 6.95. The smallest absolute Gasteiger partial charge is 0.408 e. The van der Waals surface area contributed by atoms with Crippen LogP contribution in [0.25, 0.3) is 0 Å². The number of anilines is 1. The van der Waals surface area contributed by atoms with E-state index in [1.807, 2.05) is 24.3 Å². The minimum Gasteiger partial charge on any atom is -0.444 e. The van der Waals surface area contributed by atoms with Gasteiger partial charge in [-0.05, 0) is 50.8 Å². The van der Waals surface area contributed by atoms with Gasteiger partial charge in [0.05, 0.1) is 0 Å². The molecule has 0 saturated carbocycles. The zero-order chi connectivity index (χ0) is 19.0. The molecule has 0 bridgehead atoms. The quantitative estimate of drug-likeness (QED) is 0.672. The molecule has 6 nitrogen and oxygen atoms in total. The highest BCUT2D eigenvalue weighted by molar-refractivity contribution is 5.84. The second-order valence-corrected chi connectivity index (χ2v) is 7.61. The second-order valence-electron chi connectivity index (χ2n) is 7.61. The third-order valence-corrected chi connectivity index (χ3v) is 3.48. The molecule has 0 aliphatic carbocycles. The maximum Gasteiger partial charge on any atom is 0.408 e. The van der Waals surface area contributed by atoms with Crippen LogP contribution in [0.1, 0.15) is 46.6 Å². The number of hydrogen-bond acceptors (Lipinski definition) is 4. The fourth-order valence-corrected chi connectivity index (χ4v) is 2.17. The van der Waals surface area contributed by atoms with E-state index in [4.69, 9.17) is 10.5 Å². The molecule has 0 aliphatic rings. The van der Waals surface area contributed by atoms with Crippen LogP contribution in [0, 0.1) is 5.92 Å². The van der Waals surface area contributed by atoms with Crippen LogP contribution in [-0.4, -0.2) is 30.2 Å². The molecule has 1 rings (SSSR count). The van der Waals surface area contributed by atoms with Gasteiger partial charge in [-0.3, -0.25) is 4.79 Å². The summed E-state index contributed by atoms with van der Waals surface area (Å²) < 4.78 is 5.17. The number of ether oxygens (including phenoxy) is 1. The molecular formula is C19H31N3O3. The Morgan fingerprint density at radius 3 is 2.24 bits per heavy atom. The maximum atomic E-state index is 11.8. The molecule has 6 heteroatoms. The number of nitrogens with two attached hydrogens (primary N) is 1. The molecule has 0 saturated heterocycles. The SMILES string of the molecule is CC(C)CCNc1ccc(C[C@H](NC(=O)OC(C)(C)C)C(N)=O)cc1. The standard InChI is InChI=1S/C19H31N3O3/c1-13(2)10-11-21-15-8-6-14(7-9-15)12-16(17(20)23)22-18(24)25-19(3,4)5/h6-9,13,16,21H,10-12H2,1-5H3,(H2,20,23)(H,22,24)/t16-/m0/s1. The number of hydrogen-bond donors (Lipinski definition) is 3. The van der Waals surface area contributed by atoms with Gasteiger partial charge < -0.3 is 21.1 Å². The first-order valence-corrected chi connectivity index (χ1v) is 8.68. The van der Waals surface area contributed by atoms with Crippen LogP contribution in [0.15, 0.2) is 24.3 Å². The topological polar surface area (TPSA) is 93.4 Å². The van der Waals surface area contributed by atoms with Gasteiger partial charge in [0.25, 0.3) is 0 Å². The Kier molecular flexibility index (Phi) is 7.74. The van der Waals surface area contributed by atoms with Gasteiger partial charge in [0.1, 0.15) is 11.6 Å². The number of primary amides is 1. The molecule has 0 aromatic heterocycles. The molecule has 2 amide bonds. The molecule has 4 N–H and O–H groups in total.